The van der Waals surface area contributed by atoms with Gasteiger partial charge in [-0.25, -0.2) is 4.79 Å². The number of likely N-dealkylation sites (tertiary alicyclic amines) is 1. The third-order valence-corrected chi connectivity index (χ3v) is 2.90. The minimum Gasteiger partial charge on any atom is -0.458 e. The van der Waals surface area contributed by atoms with Crippen molar-refractivity contribution in [1.82, 2.24) is 4.90 Å². The number of carbonyl (C=O) groups excluding carboxylic acids is 2. The van der Waals surface area contributed by atoms with E-state index in [2.05, 4.69) is 0 Å². The number of esters is 1. The van der Waals surface area contributed by atoms with Crippen LogP contribution in [0, 0.1) is 5.92 Å². The van der Waals surface area contributed by atoms with E-state index in [4.69, 9.17) is 10.5 Å². The fourth-order valence-corrected chi connectivity index (χ4v) is 2.12. The second kappa shape index (κ2) is 5.26. The summed E-state index contributed by atoms with van der Waals surface area (Å²) in [6, 6.07) is -1.01. The zero-order chi connectivity index (χ0) is 14.1. The highest BCUT2D eigenvalue weighted by Crippen LogP contribution is 2.21. The lowest BCUT2D eigenvalue weighted by Crippen LogP contribution is -2.49. The number of hydrogen-bond acceptors (Lipinski definition) is 4. The van der Waals surface area contributed by atoms with E-state index < -0.39 is 17.7 Å². The average molecular weight is 256 g/mol. The van der Waals surface area contributed by atoms with Crippen LogP contribution in [0.4, 0.5) is 0 Å². The van der Waals surface area contributed by atoms with E-state index in [9.17, 15) is 9.59 Å². The van der Waals surface area contributed by atoms with Gasteiger partial charge in [-0.1, -0.05) is 13.8 Å². The summed E-state index contributed by atoms with van der Waals surface area (Å²) < 4.78 is 5.38. The van der Waals surface area contributed by atoms with E-state index in [1.165, 1.54) is 0 Å². The van der Waals surface area contributed by atoms with Gasteiger partial charge in [0.25, 0.3) is 0 Å². The maximum Gasteiger partial charge on any atom is 0.329 e. The van der Waals surface area contributed by atoms with E-state index in [1.807, 2.05) is 34.6 Å². The van der Waals surface area contributed by atoms with Crippen molar-refractivity contribution in [3.8, 4) is 0 Å². The van der Waals surface area contributed by atoms with Crippen LogP contribution in [0.25, 0.3) is 0 Å². The maximum atomic E-state index is 12.2. The van der Waals surface area contributed by atoms with Crippen LogP contribution in [0.15, 0.2) is 0 Å². The molecule has 18 heavy (non-hydrogen) atoms. The second-order valence-corrected chi connectivity index (χ2v) is 6.15. The zero-order valence-electron chi connectivity index (χ0n) is 11.9. The van der Waals surface area contributed by atoms with E-state index in [1.54, 1.807) is 4.90 Å². The third-order valence-electron chi connectivity index (χ3n) is 2.90. The van der Waals surface area contributed by atoms with Gasteiger partial charge in [-0.15, -0.1) is 0 Å². The van der Waals surface area contributed by atoms with Crippen molar-refractivity contribution in [1.29, 1.82) is 0 Å². The van der Waals surface area contributed by atoms with Gasteiger partial charge < -0.3 is 15.4 Å². The lowest BCUT2D eigenvalue weighted by atomic mass is 10.0. The number of hydrogen-bond donors (Lipinski definition) is 1. The molecular weight excluding hydrogens is 232 g/mol. The Hall–Kier alpha value is -1.10. The van der Waals surface area contributed by atoms with Crippen LogP contribution in [0.1, 0.15) is 41.0 Å². The molecule has 1 aliphatic rings. The molecular formula is C13H24N2O3. The largest absolute Gasteiger partial charge is 0.458 e. The predicted octanol–water partition coefficient (Wildman–Crippen LogP) is 0.912. The van der Waals surface area contributed by atoms with E-state index >= 15 is 0 Å². The molecule has 104 valence electrons. The molecule has 0 aromatic heterocycles. The lowest BCUT2D eigenvalue weighted by molar-refractivity contribution is -0.165. The van der Waals surface area contributed by atoms with Crippen LogP contribution < -0.4 is 5.73 Å². The zero-order valence-corrected chi connectivity index (χ0v) is 11.9. The van der Waals surface area contributed by atoms with Gasteiger partial charge in [0.2, 0.25) is 5.91 Å². The molecule has 0 aromatic carbocycles. The molecule has 1 heterocycles. The summed E-state index contributed by atoms with van der Waals surface area (Å²) >= 11 is 0. The van der Waals surface area contributed by atoms with E-state index in [0.717, 1.165) is 0 Å². The van der Waals surface area contributed by atoms with Crippen molar-refractivity contribution in [3.05, 3.63) is 0 Å². The quantitative estimate of drug-likeness (QED) is 0.762. The topological polar surface area (TPSA) is 72.6 Å². The molecule has 0 aromatic rings. The van der Waals surface area contributed by atoms with Gasteiger partial charge in [-0.2, -0.15) is 0 Å². The molecule has 0 radical (unpaired) electrons. The van der Waals surface area contributed by atoms with Crippen molar-refractivity contribution in [2.24, 2.45) is 11.7 Å². The van der Waals surface area contributed by atoms with Crippen LogP contribution in [0.2, 0.25) is 0 Å². The Morgan fingerprint density at radius 3 is 2.33 bits per heavy atom. The Morgan fingerprint density at radius 1 is 1.44 bits per heavy atom. The van der Waals surface area contributed by atoms with Crippen LogP contribution in [-0.4, -0.2) is 41.0 Å². The van der Waals surface area contributed by atoms with Crippen molar-refractivity contribution < 1.29 is 14.3 Å². The number of carbonyl (C=O) groups is 2. The van der Waals surface area contributed by atoms with E-state index in [0.29, 0.717) is 13.0 Å². The van der Waals surface area contributed by atoms with Crippen LogP contribution >= 0.6 is 0 Å². The highest BCUT2D eigenvalue weighted by Gasteiger charge is 2.40. The van der Waals surface area contributed by atoms with Crippen molar-refractivity contribution in [2.75, 3.05) is 6.54 Å². The van der Waals surface area contributed by atoms with Gasteiger partial charge in [0.1, 0.15) is 11.6 Å². The number of nitrogens with zero attached hydrogens (tertiary/aromatic N) is 1. The van der Waals surface area contributed by atoms with Crippen LogP contribution in [-0.2, 0) is 14.3 Å². The smallest absolute Gasteiger partial charge is 0.329 e. The fourth-order valence-electron chi connectivity index (χ4n) is 2.12. The van der Waals surface area contributed by atoms with Crippen molar-refractivity contribution in [3.63, 3.8) is 0 Å². The first-order chi connectivity index (χ1) is 8.13. The Bertz CT molecular complexity index is 334. The summed E-state index contributed by atoms with van der Waals surface area (Å²) in [4.78, 5) is 25.7. The molecule has 1 amide bonds. The van der Waals surface area contributed by atoms with Gasteiger partial charge in [-0.05, 0) is 33.1 Å². The molecule has 1 aliphatic heterocycles. The average Bonchev–Trinajstić information content (AvgIpc) is 2.46. The molecule has 0 unspecified atom stereocenters. The number of rotatable bonds is 3. The Labute approximate surface area is 109 Å². The minimum atomic E-state index is -0.547. The summed E-state index contributed by atoms with van der Waals surface area (Å²) in [6.45, 7) is 9.80. The third kappa shape index (κ3) is 3.45. The molecule has 5 heteroatoms. The number of amides is 1. The van der Waals surface area contributed by atoms with Gasteiger partial charge in [0.15, 0.2) is 0 Å². The lowest BCUT2D eigenvalue weighted by Gasteiger charge is -2.32. The van der Waals surface area contributed by atoms with Gasteiger partial charge >= 0.3 is 5.97 Å². The molecule has 1 saturated heterocycles. The first-order valence-corrected chi connectivity index (χ1v) is 6.42. The molecule has 2 atom stereocenters. The standard InChI is InChI=1S/C13H24N2O3/c1-8(2)10(12(17)18-13(3,4)5)15-7-6-9(14)11(15)16/h8-10H,6-7,14H2,1-5H3/t9-,10-/m0/s1. The summed E-state index contributed by atoms with van der Waals surface area (Å²) in [6.07, 6.45) is 0.602. The molecule has 5 nitrogen and oxygen atoms in total. The Balaban J connectivity index is 2.84. The molecule has 1 rings (SSSR count). The first kappa shape index (κ1) is 15.0. The Morgan fingerprint density at radius 2 is 2.00 bits per heavy atom. The summed E-state index contributed by atoms with van der Waals surface area (Å²) in [7, 11) is 0. The highest BCUT2D eigenvalue weighted by atomic mass is 16.6. The van der Waals surface area contributed by atoms with Crippen LogP contribution in [0.5, 0.6) is 0 Å². The summed E-state index contributed by atoms with van der Waals surface area (Å²) in [5, 5.41) is 0. The first-order valence-electron chi connectivity index (χ1n) is 6.42. The van der Waals surface area contributed by atoms with Crippen molar-refractivity contribution >= 4 is 11.9 Å². The molecule has 0 bridgehead atoms. The fraction of sp³-hybridized carbons (Fsp3) is 0.846. The molecule has 0 saturated carbocycles. The maximum absolute atomic E-state index is 12.2. The van der Waals surface area contributed by atoms with Gasteiger partial charge in [0, 0.05) is 6.54 Å². The second-order valence-electron chi connectivity index (χ2n) is 6.15. The Kier molecular flexibility index (Phi) is 4.37. The summed E-state index contributed by atoms with van der Waals surface area (Å²) in [5.74, 6) is -0.492. The molecule has 0 spiro atoms. The van der Waals surface area contributed by atoms with Gasteiger partial charge in [0.05, 0.1) is 6.04 Å². The number of ether oxygens (including phenoxy) is 1. The minimum absolute atomic E-state index is 0.00843. The molecule has 0 aliphatic carbocycles. The molecule has 2 N–H and O–H groups in total. The summed E-state index contributed by atoms with van der Waals surface area (Å²) in [5.41, 5.74) is 5.14. The molecule has 1 fully saturated rings. The van der Waals surface area contributed by atoms with Crippen LogP contribution in [0.3, 0.4) is 0 Å². The predicted molar refractivity (Wildman–Crippen MR) is 68.8 cm³/mol. The van der Waals surface area contributed by atoms with Gasteiger partial charge in [-0.3, -0.25) is 4.79 Å². The normalized spacial score (nSPS) is 22.5. The van der Waals surface area contributed by atoms with E-state index in [-0.39, 0.29) is 17.8 Å². The SMILES string of the molecule is CC(C)[C@@H](C(=O)OC(C)(C)C)N1CC[C@H](N)C1=O. The number of nitrogens with two attached hydrogens (primary N) is 1. The monoisotopic (exact) mass is 256 g/mol. The van der Waals surface area contributed by atoms with Crippen molar-refractivity contribution in [2.45, 2.75) is 58.7 Å². The highest BCUT2D eigenvalue weighted by molar-refractivity contribution is 5.89.